The molecule has 1 aliphatic rings. The number of likely N-dealkylation sites (tertiary alicyclic amines) is 1. The van der Waals surface area contributed by atoms with Crippen LogP contribution in [0.1, 0.15) is 30.2 Å². The summed E-state index contributed by atoms with van der Waals surface area (Å²) in [5, 5.41) is 3.55. The second kappa shape index (κ2) is 8.52. The SMILES string of the molecule is COC(=O)C1CCN(C(=O)C[C@H](NC(=O)C(F)(F)F)c2cccs2)CC1. The number of alkyl halides is 3. The smallest absolute Gasteiger partial charge is 0.469 e. The summed E-state index contributed by atoms with van der Waals surface area (Å²) in [4.78, 5) is 37.2. The molecular weight excluding hydrogens is 373 g/mol. The number of rotatable bonds is 5. The zero-order chi connectivity index (χ0) is 19.3. The minimum Gasteiger partial charge on any atom is -0.469 e. The number of piperidine rings is 1. The first kappa shape index (κ1) is 20.2. The maximum atomic E-state index is 12.5. The second-order valence-corrected chi connectivity index (χ2v) is 6.90. The number of thiophene rings is 1. The molecule has 2 rings (SSSR count). The maximum absolute atomic E-state index is 12.5. The van der Waals surface area contributed by atoms with E-state index in [-0.39, 0.29) is 24.2 Å². The molecule has 1 aromatic rings. The van der Waals surface area contributed by atoms with Crippen LogP contribution in [0.25, 0.3) is 0 Å². The van der Waals surface area contributed by atoms with Crippen LogP contribution >= 0.6 is 11.3 Å². The van der Waals surface area contributed by atoms with Crippen molar-refractivity contribution in [3.63, 3.8) is 0 Å². The molecule has 1 aromatic heterocycles. The Labute approximate surface area is 152 Å². The van der Waals surface area contributed by atoms with E-state index in [9.17, 15) is 27.6 Å². The molecule has 0 bridgehead atoms. The Morgan fingerprint density at radius 2 is 2.00 bits per heavy atom. The van der Waals surface area contributed by atoms with Crippen LogP contribution in [0, 0.1) is 5.92 Å². The average Bonchev–Trinajstić information content (AvgIpc) is 3.14. The van der Waals surface area contributed by atoms with Crippen LogP contribution in [-0.2, 0) is 19.1 Å². The molecule has 144 valence electrons. The van der Waals surface area contributed by atoms with Gasteiger partial charge in [0.25, 0.3) is 0 Å². The molecule has 2 heterocycles. The van der Waals surface area contributed by atoms with Crippen LogP contribution < -0.4 is 5.32 Å². The lowest BCUT2D eigenvalue weighted by Gasteiger charge is -2.31. The predicted octanol–water partition coefficient (Wildman–Crippen LogP) is 2.27. The number of hydrogen-bond acceptors (Lipinski definition) is 5. The van der Waals surface area contributed by atoms with E-state index in [1.54, 1.807) is 17.5 Å². The van der Waals surface area contributed by atoms with Gasteiger partial charge in [-0.25, -0.2) is 0 Å². The number of methoxy groups -OCH3 is 1. The number of halogens is 3. The first-order valence-corrected chi connectivity index (χ1v) is 8.87. The highest BCUT2D eigenvalue weighted by atomic mass is 32.1. The van der Waals surface area contributed by atoms with Gasteiger partial charge in [-0.2, -0.15) is 13.2 Å². The van der Waals surface area contributed by atoms with Crippen molar-refractivity contribution in [2.45, 2.75) is 31.5 Å². The van der Waals surface area contributed by atoms with Gasteiger partial charge in [-0.3, -0.25) is 14.4 Å². The van der Waals surface area contributed by atoms with Gasteiger partial charge in [0.2, 0.25) is 5.91 Å². The second-order valence-electron chi connectivity index (χ2n) is 5.92. The van der Waals surface area contributed by atoms with Gasteiger partial charge in [0.05, 0.1) is 25.5 Å². The third-order valence-electron chi connectivity index (χ3n) is 4.21. The molecule has 0 radical (unpaired) electrons. The summed E-state index contributed by atoms with van der Waals surface area (Å²) in [6.45, 7) is 0.645. The van der Waals surface area contributed by atoms with Crippen LogP contribution in [0.15, 0.2) is 17.5 Å². The molecule has 1 atom stereocenters. The molecule has 0 spiro atoms. The summed E-state index contributed by atoms with van der Waals surface area (Å²) >= 11 is 1.17. The lowest BCUT2D eigenvalue weighted by atomic mass is 9.96. The van der Waals surface area contributed by atoms with E-state index in [1.165, 1.54) is 23.3 Å². The monoisotopic (exact) mass is 392 g/mol. The summed E-state index contributed by atoms with van der Waals surface area (Å²) in [5.41, 5.74) is 0. The molecule has 0 saturated carbocycles. The predicted molar refractivity (Wildman–Crippen MR) is 87.2 cm³/mol. The first-order valence-electron chi connectivity index (χ1n) is 7.99. The van der Waals surface area contributed by atoms with E-state index in [0.717, 1.165) is 0 Å². The number of nitrogens with one attached hydrogen (secondary N) is 1. The summed E-state index contributed by atoms with van der Waals surface area (Å²) in [6, 6.07) is 2.16. The third-order valence-corrected chi connectivity index (χ3v) is 5.20. The number of carbonyl (C=O) groups is 3. The number of amides is 2. The average molecular weight is 392 g/mol. The molecule has 1 N–H and O–H groups in total. The quantitative estimate of drug-likeness (QED) is 0.780. The molecule has 0 unspecified atom stereocenters. The maximum Gasteiger partial charge on any atom is 0.471 e. The molecule has 2 amide bonds. The third kappa shape index (κ3) is 5.20. The van der Waals surface area contributed by atoms with Crippen LogP contribution in [0.2, 0.25) is 0 Å². The lowest BCUT2D eigenvalue weighted by Crippen LogP contribution is -2.44. The minimum absolute atomic E-state index is 0.273. The fourth-order valence-electron chi connectivity index (χ4n) is 2.79. The molecule has 1 fully saturated rings. The van der Waals surface area contributed by atoms with Crippen LogP contribution in [0.3, 0.4) is 0 Å². The zero-order valence-corrected chi connectivity index (χ0v) is 14.9. The van der Waals surface area contributed by atoms with Gasteiger partial charge in [-0.1, -0.05) is 6.07 Å². The van der Waals surface area contributed by atoms with Crippen molar-refractivity contribution in [2.24, 2.45) is 5.92 Å². The Balaban J connectivity index is 1.99. The number of nitrogens with zero attached hydrogens (tertiary/aromatic N) is 1. The van der Waals surface area contributed by atoms with E-state index in [1.807, 2.05) is 5.32 Å². The van der Waals surface area contributed by atoms with Crippen molar-refractivity contribution in [2.75, 3.05) is 20.2 Å². The highest BCUT2D eigenvalue weighted by molar-refractivity contribution is 7.10. The summed E-state index contributed by atoms with van der Waals surface area (Å²) in [6.07, 6.45) is -4.41. The van der Waals surface area contributed by atoms with Crippen molar-refractivity contribution in [1.82, 2.24) is 10.2 Å². The van der Waals surface area contributed by atoms with Crippen molar-refractivity contribution >= 4 is 29.1 Å². The molecule has 1 saturated heterocycles. The van der Waals surface area contributed by atoms with Crippen molar-refractivity contribution < 1.29 is 32.3 Å². The van der Waals surface area contributed by atoms with E-state index in [4.69, 9.17) is 0 Å². The van der Waals surface area contributed by atoms with Gasteiger partial charge < -0.3 is 15.0 Å². The summed E-state index contributed by atoms with van der Waals surface area (Å²) in [7, 11) is 1.30. The van der Waals surface area contributed by atoms with Gasteiger partial charge in [0.1, 0.15) is 0 Å². The van der Waals surface area contributed by atoms with E-state index in [0.29, 0.717) is 30.8 Å². The largest absolute Gasteiger partial charge is 0.471 e. The summed E-state index contributed by atoms with van der Waals surface area (Å²) < 4.78 is 42.3. The van der Waals surface area contributed by atoms with Crippen molar-refractivity contribution in [1.29, 1.82) is 0 Å². The van der Waals surface area contributed by atoms with Crippen LogP contribution in [0.5, 0.6) is 0 Å². The van der Waals surface area contributed by atoms with Gasteiger partial charge >= 0.3 is 18.1 Å². The normalized spacial score (nSPS) is 16.8. The fraction of sp³-hybridized carbons (Fsp3) is 0.562. The van der Waals surface area contributed by atoms with Gasteiger partial charge in [-0.05, 0) is 24.3 Å². The van der Waals surface area contributed by atoms with Gasteiger partial charge in [0.15, 0.2) is 0 Å². The van der Waals surface area contributed by atoms with Gasteiger partial charge in [-0.15, -0.1) is 11.3 Å². The number of ether oxygens (including phenoxy) is 1. The Morgan fingerprint density at radius 3 is 2.50 bits per heavy atom. The Bertz CT molecular complexity index is 640. The number of esters is 1. The van der Waals surface area contributed by atoms with Crippen LogP contribution in [0.4, 0.5) is 13.2 Å². The molecule has 10 heteroatoms. The molecule has 6 nitrogen and oxygen atoms in total. The highest BCUT2D eigenvalue weighted by Gasteiger charge is 2.40. The summed E-state index contributed by atoms with van der Waals surface area (Å²) in [5.74, 6) is -3.05. The van der Waals surface area contributed by atoms with Crippen molar-refractivity contribution in [3.8, 4) is 0 Å². The standard InChI is InChI=1S/C16H19F3N2O4S/c1-25-14(23)10-4-6-21(7-5-10)13(22)9-11(12-3-2-8-26-12)20-15(24)16(17,18)19/h2-3,8,10-11H,4-7,9H2,1H3,(H,20,24)/t11-/m0/s1. The van der Waals surface area contributed by atoms with E-state index < -0.39 is 18.1 Å². The first-order chi connectivity index (χ1) is 12.2. The minimum atomic E-state index is -5.02. The molecule has 0 aliphatic carbocycles. The van der Waals surface area contributed by atoms with E-state index >= 15 is 0 Å². The zero-order valence-electron chi connectivity index (χ0n) is 14.0. The highest BCUT2D eigenvalue weighted by Crippen LogP contribution is 2.26. The fourth-order valence-corrected chi connectivity index (χ4v) is 3.57. The van der Waals surface area contributed by atoms with Gasteiger partial charge in [0, 0.05) is 18.0 Å². The number of carbonyl (C=O) groups excluding carboxylic acids is 3. The lowest BCUT2D eigenvalue weighted by molar-refractivity contribution is -0.174. The molecule has 0 aromatic carbocycles. The molecule has 26 heavy (non-hydrogen) atoms. The van der Waals surface area contributed by atoms with E-state index in [2.05, 4.69) is 4.74 Å². The molecular formula is C16H19F3N2O4S. The Hall–Kier alpha value is -2.10. The topological polar surface area (TPSA) is 75.7 Å². The Kier molecular flexibility index (Phi) is 6.63. The Morgan fingerprint density at radius 1 is 1.35 bits per heavy atom. The molecule has 1 aliphatic heterocycles. The number of hydrogen-bond donors (Lipinski definition) is 1. The van der Waals surface area contributed by atoms with Crippen LogP contribution in [-0.4, -0.2) is 49.1 Å². The van der Waals surface area contributed by atoms with Crippen molar-refractivity contribution in [3.05, 3.63) is 22.4 Å².